The van der Waals surface area contributed by atoms with Gasteiger partial charge in [0.05, 0.1) is 13.4 Å². The van der Waals surface area contributed by atoms with Crippen molar-refractivity contribution in [1.82, 2.24) is 4.98 Å². The van der Waals surface area contributed by atoms with E-state index >= 15 is 0 Å². The number of ether oxygens (including phenoxy) is 2. The minimum absolute atomic E-state index is 0.117. The van der Waals surface area contributed by atoms with E-state index in [0.29, 0.717) is 40.0 Å². The van der Waals surface area contributed by atoms with Crippen LogP contribution in [0.4, 0.5) is 0 Å². The van der Waals surface area contributed by atoms with Gasteiger partial charge in [0.15, 0.2) is 11.5 Å². The highest BCUT2D eigenvalue weighted by Gasteiger charge is 2.15. The van der Waals surface area contributed by atoms with E-state index in [1.807, 2.05) is 0 Å². The van der Waals surface area contributed by atoms with Crippen LogP contribution in [-0.2, 0) is 16.7 Å². The molecule has 1 aromatic heterocycles. The van der Waals surface area contributed by atoms with Crippen LogP contribution in [0.15, 0.2) is 46.9 Å². The second-order valence-corrected chi connectivity index (χ2v) is 7.73. The van der Waals surface area contributed by atoms with Gasteiger partial charge in [-0.3, -0.25) is 4.79 Å². The maximum atomic E-state index is 11.3. The highest BCUT2D eigenvalue weighted by atomic mass is 32.2. The number of aryl methyl sites for hydroxylation is 1. The van der Waals surface area contributed by atoms with Crippen LogP contribution in [0.1, 0.15) is 21.8 Å². The number of carbonyl (C=O) groups excluding carboxylic acids is 1. The predicted molar refractivity (Wildman–Crippen MR) is 105 cm³/mol. The van der Waals surface area contributed by atoms with E-state index in [1.165, 1.54) is 19.2 Å². The zero-order valence-corrected chi connectivity index (χ0v) is 16.9. The topological polar surface area (TPSA) is 105 Å². The lowest BCUT2D eigenvalue weighted by Gasteiger charge is -2.10. The third-order valence-electron chi connectivity index (χ3n) is 3.91. The quantitative estimate of drug-likeness (QED) is 0.406. The van der Waals surface area contributed by atoms with Crippen molar-refractivity contribution < 1.29 is 31.3 Å². The molecule has 0 fully saturated rings. The molecule has 0 bridgehead atoms. The molecule has 2 aromatic carbocycles. The molecule has 0 aliphatic heterocycles. The van der Waals surface area contributed by atoms with Gasteiger partial charge in [-0.1, -0.05) is 6.07 Å². The third-order valence-corrected chi connectivity index (χ3v) is 4.40. The molecule has 29 heavy (non-hydrogen) atoms. The summed E-state index contributed by atoms with van der Waals surface area (Å²) in [5.41, 5.74) is 1.61. The number of oxazole rings is 1. The first kappa shape index (κ1) is 20.4. The Kier molecular flexibility index (Phi) is 5.88. The second kappa shape index (κ2) is 8.36. The molecule has 3 rings (SSSR count). The van der Waals surface area contributed by atoms with Crippen LogP contribution in [0.5, 0.6) is 17.2 Å². The van der Waals surface area contributed by atoms with Gasteiger partial charge in [-0.15, -0.1) is 0 Å². The minimum Gasteiger partial charge on any atom is -0.493 e. The largest absolute Gasteiger partial charge is 0.493 e. The first-order chi connectivity index (χ1) is 13.8. The Morgan fingerprint density at radius 1 is 1.14 bits per heavy atom. The summed E-state index contributed by atoms with van der Waals surface area (Å²) in [7, 11) is -2.15. The fourth-order valence-electron chi connectivity index (χ4n) is 2.56. The molecular weight excluding hydrogens is 398 g/mol. The van der Waals surface area contributed by atoms with Gasteiger partial charge >= 0.3 is 10.1 Å². The molecule has 152 valence electrons. The molecule has 0 amide bonds. The Labute approximate surface area is 168 Å². The van der Waals surface area contributed by atoms with E-state index in [4.69, 9.17) is 18.1 Å². The molecule has 0 saturated carbocycles. The van der Waals surface area contributed by atoms with Crippen molar-refractivity contribution in [1.29, 1.82) is 0 Å². The zero-order chi connectivity index (χ0) is 21.0. The van der Waals surface area contributed by atoms with E-state index < -0.39 is 10.1 Å². The Morgan fingerprint density at radius 3 is 2.62 bits per heavy atom. The Bertz CT molecular complexity index is 1140. The van der Waals surface area contributed by atoms with Gasteiger partial charge in [0.2, 0.25) is 5.89 Å². The maximum Gasteiger partial charge on any atom is 0.306 e. The highest BCUT2D eigenvalue weighted by molar-refractivity contribution is 7.86. The van der Waals surface area contributed by atoms with Crippen molar-refractivity contribution in [2.75, 3.05) is 13.4 Å². The van der Waals surface area contributed by atoms with Crippen LogP contribution in [0, 0.1) is 6.92 Å². The monoisotopic (exact) mass is 417 g/mol. The molecule has 0 spiro atoms. The van der Waals surface area contributed by atoms with Gasteiger partial charge < -0.3 is 18.1 Å². The van der Waals surface area contributed by atoms with Crippen molar-refractivity contribution in [3.05, 3.63) is 59.5 Å². The summed E-state index contributed by atoms with van der Waals surface area (Å²) < 4.78 is 44.2. The van der Waals surface area contributed by atoms with Crippen molar-refractivity contribution in [3.63, 3.8) is 0 Å². The molecule has 9 heteroatoms. The van der Waals surface area contributed by atoms with Gasteiger partial charge in [0.25, 0.3) is 0 Å². The zero-order valence-electron chi connectivity index (χ0n) is 16.0. The summed E-state index contributed by atoms with van der Waals surface area (Å²) in [5.74, 6) is 1.92. The summed E-state index contributed by atoms with van der Waals surface area (Å²) >= 11 is 0. The summed E-state index contributed by atoms with van der Waals surface area (Å²) in [5, 5.41) is 0. The van der Waals surface area contributed by atoms with Gasteiger partial charge in [0, 0.05) is 11.1 Å². The van der Waals surface area contributed by atoms with E-state index in [-0.39, 0.29) is 12.4 Å². The smallest absolute Gasteiger partial charge is 0.306 e. The molecular formula is C20H19NO7S. The standard InChI is InChI=1S/C20H19NO7S/c1-13-17(12-26-18-8-7-14(11-22)9-19(18)25-2)21-20(27-13)15-5-4-6-16(10-15)28-29(3,23)24/h4-11H,12H2,1-3H3. The van der Waals surface area contributed by atoms with Crippen molar-refractivity contribution in [3.8, 4) is 28.7 Å². The van der Waals surface area contributed by atoms with Crippen LogP contribution < -0.4 is 13.7 Å². The molecule has 0 radical (unpaired) electrons. The number of methoxy groups -OCH3 is 1. The van der Waals surface area contributed by atoms with Gasteiger partial charge in [-0.2, -0.15) is 8.42 Å². The maximum absolute atomic E-state index is 11.3. The molecule has 1 heterocycles. The summed E-state index contributed by atoms with van der Waals surface area (Å²) in [4.78, 5) is 15.3. The van der Waals surface area contributed by atoms with Gasteiger partial charge in [-0.05, 0) is 43.3 Å². The fraction of sp³-hybridized carbons (Fsp3) is 0.200. The third kappa shape index (κ3) is 5.14. The number of nitrogens with zero attached hydrogens (tertiary/aromatic N) is 1. The Morgan fingerprint density at radius 2 is 1.93 bits per heavy atom. The molecule has 0 N–H and O–H groups in total. The lowest BCUT2D eigenvalue weighted by Crippen LogP contribution is -2.05. The Hall–Kier alpha value is -3.33. The fourth-order valence-corrected chi connectivity index (χ4v) is 3.02. The van der Waals surface area contributed by atoms with E-state index in [2.05, 4.69) is 4.98 Å². The normalized spacial score (nSPS) is 11.1. The first-order valence-electron chi connectivity index (χ1n) is 8.51. The van der Waals surface area contributed by atoms with E-state index in [1.54, 1.807) is 37.3 Å². The number of rotatable bonds is 8. The average Bonchev–Trinajstić information content (AvgIpc) is 3.06. The van der Waals surface area contributed by atoms with Gasteiger partial charge in [-0.25, -0.2) is 4.98 Å². The minimum atomic E-state index is -3.63. The predicted octanol–water partition coefficient (Wildman–Crippen LogP) is 3.39. The van der Waals surface area contributed by atoms with Crippen LogP contribution >= 0.6 is 0 Å². The lowest BCUT2D eigenvalue weighted by molar-refractivity contribution is 0.112. The summed E-state index contributed by atoms with van der Waals surface area (Å²) in [6.45, 7) is 1.87. The van der Waals surface area contributed by atoms with Crippen LogP contribution in [0.2, 0.25) is 0 Å². The first-order valence-corrected chi connectivity index (χ1v) is 10.3. The summed E-state index contributed by atoms with van der Waals surface area (Å²) in [6.07, 6.45) is 1.70. The highest BCUT2D eigenvalue weighted by Crippen LogP contribution is 2.30. The molecule has 8 nitrogen and oxygen atoms in total. The molecule has 0 atom stereocenters. The van der Waals surface area contributed by atoms with Crippen LogP contribution in [0.25, 0.3) is 11.5 Å². The van der Waals surface area contributed by atoms with Crippen LogP contribution in [-0.4, -0.2) is 33.1 Å². The Balaban J connectivity index is 1.79. The number of hydrogen-bond donors (Lipinski definition) is 0. The number of aromatic nitrogens is 1. The SMILES string of the molecule is COc1cc(C=O)ccc1OCc1nc(-c2cccc(OS(C)(=O)=O)c2)oc1C. The summed E-state index contributed by atoms with van der Waals surface area (Å²) in [6, 6.07) is 11.3. The molecule has 3 aromatic rings. The molecule has 0 aliphatic rings. The van der Waals surface area contributed by atoms with Crippen molar-refractivity contribution >= 4 is 16.4 Å². The number of hydrogen-bond acceptors (Lipinski definition) is 8. The van der Waals surface area contributed by atoms with E-state index in [9.17, 15) is 13.2 Å². The van der Waals surface area contributed by atoms with Crippen molar-refractivity contribution in [2.45, 2.75) is 13.5 Å². The molecule has 0 aliphatic carbocycles. The number of carbonyl (C=O) groups is 1. The number of benzene rings is 2. The molecule has 0 saturated heterocycles. The van der Waals surface area contributed by atoms with Gasteiger partial charge in [0.1, 0.15) is 30.1 Å². The van der Waals surface area contributed by atoms with E-state index in [0.717, 1.165) is 12.5 Å². The van der Waals surface area contributed by atoms with Crippen molar-refractivity contribution in [2.24, 2.45) is 0 Å². The van der Waals surface area contributed by atoms with Crippen LogP contribution in [0.3, 0.4) is 0 Å². The average molecular weight is 417 g/mol. The number of aldehydes is 1. The molecule has 0 unspecified atom stereocenters. The lowest BCUT2D eigenvalue weighted by atomic mass is 10.2. The second-order valence-electron chi connectivity index (χ2n) is 6.15.